The van der Waals surface area contributed by atoms with Crippen molar-refractivity contribution < 1.29 is 46.2 Å². The number of likely N-dealkylation sites (tertiary alicyclic amines) is 1. The van der Waals surface area contributed by atoms with E-state index >= 15 is 0 Å². The fourth-order valence-corrected chi connectivity index (χ4v) is 3.40. The molecule has 0 spiro atoms. The highest BCUT2D eigenvalue weighted by Crippen LogP contribution is 2.31. The number of pyridine rings is 1. The first kappa shape index (κ1) is 30.2. The fourth-order valence-electron chi connectivity index (χ4n) is 3.40. The second-order valence-corrected chi connectivity index (χ2v) is 8.09. The number of rotatable bonds is 8. The number of aromatic nitrogens is 1. The van der Waals surface area contributed by atoms with E-state index in [4.69, 9.17) is 25.6 Å². The highest BCUT2D eigenvalue weighted by molar-refractivity contribution is 6.07. The summed E-state index contributed by atoms with van der Waals surface area (Å²) in [6, 6.07) is 7.16. The van der Waals surface area contributed by atoms with Gasteiger partial charge in [-0.25, -0.2) is 13.6 Å². The molecule has 1 aliphatic heterocycles. The van der Waals surface area contributed by atoms with Gasteiger partial charge < -0.3 is 25.8 Å². The summed E-state index contributed by atoms with van der Waals surface area (Å²) in [5.74, 6) is -6.59. The minimum atomic E-state index is -5.08. The Labute approximate surface area is 213 Å². The van der Waals surface area contributed by atoms with E-state index in [0.717, 1.165) is 17.7 Å². The lowest BCUT2D eigenvalue weighted by atomic mass is 10.1. The predicted octanol–water partition coefficient (Wildman–Crippen LogP) is 2.48. The quantitative estimate of drug-likeness (QED) is 0.337. The molecule has 4 N–H and O–H groups in total. The van der Waals surface area contributed by atoms with Gasteiger partial charge in [0.15, 0.2) is 0 Å². The molecular formula is C23H24F5N5O5. The van der Waals surface area contributed by atoms with Gasteiger partial charge in [-0.05, 0) is 43.7 Å². The molecule has 1 aromatic carbocycles. The number of nitriles is 1. The summed E-state index contributed by atoms with van der Waals surface area (Å²) < 4.78 is 64.5. The van der Waals surface area contributed by atoms with Gasteiger partial charge in [0.05, 0.1) is 36.8 Å². The number of ether oxygens (including phenoxy) is 1. The summed E-state index contributed by atoms with van der Waals surface area (Å²) >= 11 is 0. The van der Waals surface area contributed by atoms with E-state index in [9.17, 15) is 31.5 Å². The van der Waals surface area contributed by atoms with Crippen LogP contribution in [0.25, 0.3) is 10.9 Å². The maximum absolute atomic E-state index is 13.5. The number of hydrogen-bond acceptors (Lipinski definition) is 7. The first-order chi connectivity index (χ1) is 17.8. The second kappa shape index (κ2) is 13.0. The molecule has 0 radical (unpaired) electrons. The number of hydrogen-bond donors (Lipinski definition) is 3. The fraction of sp³-hybridized carbons (Fsp3) is 0.435. The highest BCUT2D eigenvalue weighted by Gasteiger charge is 2.47. The van der Waals surface area contributed by atoms with Crippen LogP contribution in [0.2, 0.25) is 0 Å². The molecule has 0 saturated carbocycles. The molecule has 2 amide bonds. The van der Waals surface area contributed by atoms with Crippen LogP contribution in [0.15, 0.2) is 30.5 Å². The number of unbranched alkanes of at least 4 members (excludes halogenated alkanes) is 1. The van der Waals surface area contributed by atoms with Crippen molar-refractivity contribution in [3.05, 3.63) is 36.0 Å². The molecule has 0 unspecified atom stereocenters. The predicted molar refractivity (Wildman–Crippen MR) is 122 cm³/mol. The normalized spacial score (nSPS) is 16.2. The number of alkyl halides is 5. The van der Waals surface area contributed by atoms with Gasteiger partial charge in [0, 0.05) is 18.0 Å². The summed E-state index contributed by atoms with van der Waals surface area (Å²) in [6.07, 6.45) is -2.68. The van der Waals surface area contributed by atoms with Crippen LogP contribution in [-0.4, -0.2) is 77.2 Å². The number of aliphatic carboxylic acids is 1. The lowest BCUT2D eigenvalue weighted by Crippen LogP contribution is -2.43. The SMILES string of the molecule is N#C[C@@H]1CC(F)(F)CN1C(=O)CNC(=O)c1ccnc2ccc(OCCCCN)cc12.O=C(O)C(F)(F)F. The molecule has 1 aliphatic rings. The van der Waals surface area contributed by atoms with Crippen molar-refractivity contribution in [1.29, 1.82) is 5.26 Å². The van der Waals surface area contributed by atoms with Crippen molar-refractivity contribution in [1.82, 2.24) is 15.2 Å². The summed E-state index contributed by atoms with van der Waals surface area (Å²) in [4.78, 5) is 38.9. The Balaban J connectivity index is 0.000000638. The van der Waals surface area contributed by atoms with Gasteiger partial charge in [-0.3, -0.25) is 14.6 Å². The minimum Gasteiger partial charge on any atom is -0.494 e. The third kappa shape index (κ3) is 8.51. The van der Waals surface area contributed by atoms with E-state index < -0.39 is 55.4 Å². The number of benzene rings is 1. The number of amides is 2. The Morgan fingerprint density at radius 3 is 2.55 bits per heavy atom. The van der Waals surface area contributed by atoms with Gasteiger partial charge in [-0.2, -0.15) is 18.4 Å². The van der Waals surface area contributed by atoms with E-state index in [1.165, 1.54) is 12.3 Å². The zero-order valence-corrected chi connectivity index (χ0v) is 19.8. The van der Waals surface area contributed by atoms with Crippen molar-refractivity contribution in [2.75, 3.05) is 26.2 Å². The van der Waals surface area contributed by atoms with Crippen LogP contribution >= 0.6 is 0 Å². The zero-order valence-electron chi connectivity index (χ0n) is 19.8. The summed E-state index contributed by atoms with van der Waals surface area (Å²) in [5, 5.41) is 19.1. The molecule has 3 rings (SSSR count). The summed E-state index contributed by atoms with van der Waals surface area (Å²) in [5.41, 5.74) is 6.30. The number of nitrogens with one attached hydrogen (secondary N) is 1. The topological polar surface area (TPSA) is 159 Å². The number of nitrogens with zero attached hydrogens (tertiary/aromatic N) is 3. The van der Waals surface area contributed by atoms with Crippen molar-refractivity contribution in [3.63, 3.8) is 0 Å². The van der Waals surface area contributed by atoms with Gasteiger partial charge in [-0.1, -0.05) is 0 Å². The molecule has 1 atom stereocenters. The lowest BCUT2D eigenvalue weighted by Gasteiger charge is -2.19. The molecule has 206 valence electrons. The molecular weight excluding hydrogens is 521 g/mol. The minimum absolute atomic E-state index is 0.272. The molecule has 1 fully saturated rings. The molecule has 2 heterocycles. The third-order valence-corrected chi connectivity index (χ3v) is 5.21. The Morgan fingerprint density at radius 1 is 1.26 bits per heavy atom. The first-order valence-corrected chi connectivity index (χ1v) is 11.2. The number of halogens is 5. The van der Waals surface area contributed by atoms with Crippen LogP contribution in [0.4, 0.5) is 22.0 Å². The molecule has 38 heavy (non-hydrogen) atoms. The van der Waals surface area contributed by atoms with Crippen LogP contribution in [0.5, 0.6) is 5.75 Å². The Kier molecular flexibility index (Phi) is 10.3. The molecule has 0 aliphatic carbocycles. The zero-order chi connectivity index (χ0) is 28.5. The van der Waals surface area contributed by atoms with E-state index in [-0.39, 0.29) is 5.56 Å². The van der Waals surface area contributed by atoms with Gasteiger partial charge in [0.1, 0.15) is 11.8 Å². The van der Waals surface area contributed by atoms with E-state index in [2.05, 4.69) is 10.3 Å². The number of nitrogens with two attached hydrogens (primary N) is 1. The monoisotopic (exact) mass is 545 g/mol. The molecule has 0 bridgehead atoms. The van der Waals surface area contributed by atoms with E-state index in [0.29, 0.717) is 29.8 Å². The van der Waals surface area contributed by atoms with Gasteiger partial charge in [-0.15, -0.1) is 0 Å². The van der Waals surface area contributed by atoms with Crippen molar-refractivity contribution in [2.45, 2.75) is 37.4 Å². The first-order valence-electron chi connectivity index (χ1n) is 11.2. The number of fused-ring (bicyclic) bond motifs is 1. The van der Waals surface area contributed by atoms with Gasteiger partial charge in [0.25, 0.3) is 11.8 Å². The average molecular weight is 545 g/mol. The largest absolute Gasteiger partial charge is 0.494 e. The molecule has 10 nitrogen and oxygen atoms in total. The third-order valence-electron chi connectivity index (χ3n) is 5.21. The van der Waals surface area contributed by atoms with E-state index in [1.807, 2.05) is 0 Å². The highest BCUT2D eigenvalue weighted by atomic mass is 19.4. The van der Waals surface area contributed by atoms with Crippen LogP contribution in [-0.2, 0) is 9.59 Å². The Bertz CT molecular complexity index is 1200. The van der Waals surface area contributed by atoms with Crippen LogP contribution < -0.4 is 15.8 Å². The maximum atomic E-state index is 13.5. The van der Waals surface area contributed by atoms with Crippen LogP contribution in [0, 0.1) is 11.3 Å². The average Bonchev–Trinajstić information content (AvgIpc) is 3.19. The number of carbonyl (C=O) groups excluding carboxylic acids is 2. The van der Waals surface area contributed by atoms with Gasteiger partial charge in [0.2, 0.25) is 5.91 Å². The number of carbonyl (C=O) groups is 3. The molecule has 1 aromatic heterocycles. The Hall–Kier alpha value is -4.06. The smallest absolute Gasteiger partial charge is 0.490 e. The van der Waals surface area contributed by atoms with Crippen molar-refractivity contribution in [3.8, 4) is 11.8 Å². The van der Waals surface area contributed by atoms with Crippen molar-refractivity contribution >= 4 is 28.7 Å². The van der Waals surface area contributed by atoms with Crippen LogP contribution in [0.1, 0.15) is 29.6 Å². The van der Waals surface area contributed by atoms with Crippen LogP contribution in [0.3, 0.4) is 0 Å². The number of carboxylic acid groups (broad SMARTS) is 1. The molecule has 15 heteroatoms. The number of carboxylic acids is 1. The second-order valence-electron chi connectivity index (χ2n) is 8.09. The Morgan fingerprint density at radius 2 is 1.95 bits per heavy atom. The molecule has 1 saturated heterocycles. The summed E-state index contributed by atoms with van der Waals surface area (Å²) in [7, 11) is 0. The summed E-state index contributed by atoms with van der Waals surface area (Å²) in [6.45, 7) is -0.257. The van der Waals surface area contributed by atoms with E-state index in [1.54, 1.807) is 24.3 Å². The molecule has 2 aromatic rings. The maximum Gasteiger partial charge on any atom is 0.490 e. The standard InChI is InChI=1S/C21H23F2N5O3.C2HF3O2/c22-21(23)10-14(11-25)28(13-21)19(29)12-27-20(30)16-5-7-26-18-4-3-15(9-17(16)18)31-8-2-1-6-24;3-2(4,5)1(6)7/h3-5,7,9,14H,1-2,6,8,10,12-13,24H2,(H,27,30);(H,6,7)/t14-;/m0./s1. The van der Waals surface area contributed by atoms with Crippen molar-refractivity contribution in [2.24, 2.45) is 5.73 Å². The van der Waals surface area contributed by atoms with Gasteiger partial charge >= 0.3 is 12.1 Å². The lowest BCUT2D eigenvalue weighted by molar-refractivity contribution is -0.192.